The molecule has 4 heterocycles. The van der Waals surface area contributed by atoms with E-state index in [-0.39, 0.29) is 59.0 Å². The average molecular weight is 564 g/mol. The maximum atomic E-state index is 15.1. The summed E-state index contributed by atoms with van der Waals surface area (Å²) in [5, 5.41) is 8.04. The molecule has 0 spiro atoms. The first-order valence-electron chi connectivity index (χ1n) is 14.1. The Bertz CT molecular complexity index is 1480. The number of fused-ring (bicyclic) bond motifs is 1. The number of likely N-dealkylation sites (N-methyl/N-ethyl adjacent to an activating group) is 1. The highest BCUT2D eigenvalue weighted by Crippen LogP contribution is 2.38. The molecule has 0 bridgehead atoms. The monoisotopic (exact) mass is 563 g/mol. The van der Waals surface area contributed by atoms with Crippen molar-refractivity contribution < 1.29 is 18.3 Å². The number of hydrogen-bond acceptors (Lipinski definition) is 7. The van der Waals surface area contributed by atoms with Gasteiger partial charge >= 0.3 is 0 Å². The SMILES string of the molecule is CC(=O)N(C)[C@@H]1[C@H](N)C[C@H](C2C=CN=CC2Nc2ncc3ccc(-c4c(F)cc(C5COC5)cc4F)nn23)C[C@@H]1C. The Hall–Kier alpha value is -3.70. The highest BCUT2D eigenvalue weighted by Gasteiger charge is 2.41. The molecule has 1 saturated heterocycles. The number of halogens is 2. The van der Waals surface area contributed by atoms with Gasteiger partial charge < -0.3 is 20.7 Å². The third-order valence-electron chi connectivity index (χ3n) is 8.92. The molecule has 9 nitrogen and oxygen atoms in total. The third kappa shape index (κ3) is 5.12. The summed E-state index contributed by atoms with van der Waals surface area (Å²) in [4.78, 5) is 22.7. The molecule has 3 aliphatic rings. The third-order valence-corrected chi connectivity index (χ3v) is 8.92. The van der Waals surface area contributed by atoms with Crippen LogP contribution in [0.4, 0.5) is 14.7 Å². The van der Waals surface area contributed by atoms with Gasteiger partial charge in [0.2, 0.25) is 11.9 Å². The lowest BCUT2D eigenvalue weighted by Gasteiger charge is -2.46. The van der Waals surface area contributed by atoms with Gasteiger partial charge in [0.1, 0.15) is 11.6 Å². The maximum Gasteiger partial charge on any atom is 0.225 e. The molecule has 11 heteroatoms. The zero-order chi connectivity index (χ0) is 28.8. The lowest BCUT2D eigenvalue weighted by atomic mass is 9.69. The van der Waals surface area contributed by atoms with E-state index in [1.54, 1.807) is 40.9 Å². The van der Waals surface area contributed by atoms with Gasteiger partial charge in [-0.2, -0.15) is 9.61 Å². The summed E-state index contributed by atoms with van der Waals surface area (Å²) < 4.78 is 37.0. The number of ether oxygens (including phenoxy) is 1. The van der Waals surface area contributed by atoms with Gasteiger partial charge in [0, 0.05) is 50.3 Å². The molecule has 216 valence electrons. The summed E-state index contributed by atoms with van der Waals surface area (Å²) in [6.07, 6.45) is 9.07. The fraction of sp³-hybridized carbons (Fsp3) is 0.467. The van der Waals surface area contributed by atoms with Gasteiger partial charge in [0.25, 0.3) is 0 Å². The Balaban J connectivity index is 1.25. The van der Waals surface area contributed by atoms with Gasteiger partial charge in [-0.3, -0.25) is 9.79 Å². The molecule has 6 atom stereocenters. The second-order valence-corrected chi connectivity index (χ2v) is 11.6. The number of imidazole rings is 1. The topological polar surface area (TPSA) is 110 Å². The first kappa shape index (κ1) is 27.5. The standard InChI is InChI=1S/C30H35F2N7O2/c1-16-8-19(11-25(33)29(16)38(3)17(2)40)22-6-7-34-13-27(22)36-30-35-12-21-4-5-26(37-39(21)30)28-23(31)9-18(10-24(28)32)20-14-41-15-20/h4-7,9-10,12-13,16,19-20,22,25,27,29H,8,11,14-15,33H2,1-3H3,(H,35,36)/t16-,19+,22?,25+,27?,29-/m0/s1. The second kappa shape index (κ2) is 10.9. The van der Waals surface area contributed by atoms with Crippen molar-refractivity contribution in [2.24, 2.45) is 28.5 Å². The van der Waals surface area contributed by atoms with Crippen LogP contribution in [0.2, 0.25) is 0 Å². The van der Waals surface area contributed by atoms with Crippen molar-refractivity contribution in [3.8, 4) is 11.3 Å². The van der Waals surface area contributed by atoms with Gasteiger partial charge in [-0.05, 0) is 54.5 Å². The Morgan fingerprint density at radius 2 is 1.95 bits per heavy atom. The van der Waals surface area contributed by atoms with Gasteiger partial charge in [-0.15, -0.1) is 0 Å². The van der Waals surface area contributed by atoms with Crippen molar-refractivity contribution in [1.82, 2.24) is 19.5 Å². The van der Waals surface area contributed by atoms with Crippen molar-refractivity contribution in [2.75, 3.05) is 25.6 Å². The van der Waals surface area contributed by atoms with E-state index in [1.165, 1.54) is 12.1 Å². The lowest BCUT2D eigenvalue weighted by molar-refractivity contribution is -0.132. The molecule has 2 aromatic heterocycles. The molecule has 3 aromatic rings. The molecule has 1 aromatic carbocycles. The van der Waals surface area contributed by atoms with Crippen LogP contribution in [0.15, 0.2) is 47.7 Å². The van der Waals surface area contributed by atoms with Gasteiger partial charge in [-0.25, -0.2) is 13.8 Å². The van der Waals surface area contributed by atoms with E-state index in [0.717, 1.165) is 12.8 Å². The highest BCUT2D eigenvalue weighted by molar-refractivity contribution is 5.73. The minimum absolute atomic E-state index is 0.00725. The molecule has 1 amide bonds. The van der Waals surface area contributed by atoms with Crippen LogP contribution < -0.4 is 11.1 Å². The van der Waals surface area contributed by atoms with Crippen LogP contribution in [0.25, 0.3) is 16.8 Å². The molecule has 2 unspecified atom stereocenters. The van der Waals surface area contributed by atoms with Gasteiger partial charge in [0.05, 0.1) is 42.2 Å². The Morgan fingerprint density at radius 3 is 2.61 bits per heavy atom. The molecule has 0 radical (unpaired) electrons. The number of benzene rings is 1. The van der Waals surface area contributed by atoms with Crippen LogP contribution in [0.5, 0.6) is 0 Å². The van der Waals surface area contributed by atoms with Crippen LogP contribution in [-0.4, -0.2) is 70.0 Å². The summed E-state index contributed by atoms with van der Waals surface area (Å²) in [7, 11) is 1.82. The van der Waals surface area contributed by atoms with Crippen LogP contribution in [0, 0.1) is 29.4 Å². The highest BCUT2D eigenvalue weighted by atomic mass is 19.1. The number of nitrogens with two attached hydrogens (primary N) is 1. The Morgan fingerprint density at radius 1 is 1.20 bits per heavy atom. The van der Waals surface area contributed by atoms with Crippen molar-refractivity contribution in [2.45, 2.75) is 50.7 Å². The molecule has 41 heavy (non-hydrogen) atoms. The van der Waals surface area contributed by atoms with Gasteiger partial charge in [-0.1, -0.05) is 13.0 Å². The van der Waals surface area contributed by atoms with Crippen LogP contribution >= 0.6 is 0 Å². The molecule has 2 aliphatic heterocycles. The minimum Gasteiger partial charge on any atom is -0.380 e. The average Bonchev–Trinajstić information content (AvgIpc) is 3.29. The number of carbonyl (C=O) groups is 1. The Labute approximate surface area is 237 Å². The smallest absolute Gasteiger partial charge is 0.225 e. The van der Waals surface area contributed by atoms with Gasteiger partial charge in [0.15, 0.2) is 0 Å². The summed E-state index contributed by atoms with van der Waals surface area (Å²) in [6.45, 7) is 4.66. The first-order valence-corrected chi connectivity index (χ1v) is 14.1. The number of aromatic nitrogens is 3. The normalized spacial score (nSPS) is 28.0. The number of aliphatic imine (C=N–C) groups is 1. The van der Waals surface area contributed by atoms with E-state index in [2.05, 4.69) is 33.4 Å². The molecule has 6 rings (SSSR count). The predicted octanol–water partition coefficient (Wildman–Crippen LogP) is 4.00. The fourth-order valence-corrected chi connectivity index (χ4v) is 6.68. The summed E-state index contributed by atoms with van der Waals surface area (Å²) in [5.41, 5.74) is 7.90. The van der Waals surface area contributed by atoms with Crippen molar-refractivity contribution >= 4 is 23.6 Å². The number of nitrogens with one attached hydrogen (secondary N) is 1. The minimum atomic E-state index is -0.658. The number of nitrogens with zero attached hydrogens (tertiary/aromatic N) is 5. The van der Waals surface area contributed by atoms with Crippen LogP contribution in [0.3, 0.4) is 0 Å². The predicted molar refractivity (Wildman–Crippen MR) is 153 cm³/mol. The number of hydrogen-bond donors (Lipinski definition) is 2. The Kier molecular flexibility index (Phi) is 7.33. The number of rotatable bonds is 6. The van der Waals surface area contributed by atoms with Crippen molar-refractivity contribution in [3.05, 3.63) is 59.9 Å². The van der Waals surface area contributed by atoms with E-state index in [4.69, 9.17) is 10.5 Å². The van der Waals surface area contributed by atoms with Crippen LogP contribution in [-0.2, 0) is 9.53 Å². The number of anilines is 1. The number of carbonyl (C=O) groups excluding carboxylic acids is 1. The molecular weight excluding hydrogens is 528 g/mol. The fourth-order valence-electron chi connectivity index (χ4n) is 6.68. The van der Waals surface area contributed by atoms with Crippen LogP contribution in [0.1, 0.15) is 38.2 Å². The lowest BCUT2D eigenvalue weighted by Crippen LogP contribution is -2.56. The molecule has 2 fully saturated rings. The first-order chi connectivity index (χ1) is 19.7. The number of amides is 1. The summed E-state index contributed by atoms with van der Waals surface area (Å²) >= 11 is 0. The molecular formula is C30H35F2N7O2. The molecule has 1 aliphatic carbocycles. The van der Waals surface area contributed by atoms with E-state index >= 15 is 8.78 Å². The summed E-state index contributed by atoms with van der Waals surface area (Å²) in [6, 6.07) is 5.74. The van der Waals surface area contributed by atoms with E-state index in [1.807, 2.05) is 13.3 Å². The molecule has 3 N–H and O–H groups in total. The van der Waals surface area contributed by atoms with Crippen molar-refractivity contribution in [3.63, 3.8) is 0 Å². The van der Waals surface area contributed by atoms with E-state index < -0.39 is 11.6 Å². The van der Waals surface area contributed by atoms with E-state index in [0.29, 0.717) is 30.2 Å². The summed E-state index contributed by atoms with van der Waals surface area (Å²) in [5.74, 6) is -0.270. The van der Waals surface area contributed by atoms with Crippen molar-refractivity contribution in [1.29, 1.82) is 0 Å². The zero-order valence-electron chi connectivity index (χ0n) is 23.4. The maximum absolute atomic E-state index is 15.1. The van der Waals surface area contributed by atoms with E-state index in [9.17, 15) is 4.79 Å². The second-order valence-electron chi connectivity index (χ2n) is 11.6. The largest absolute Gasteiger partial charge is 0.380 e. The molecule has 1 saturated carbocycles. The quantitative estimate of drug-likeness (QED) is 0.469. The zero-order valence-corrected chi connectivity index (χ0v) is 23.4.